The van der Waals surface area contributed by atoms with Crippen molar-refractivity contribution in [3.63, 3.8) is 0 Å². The van der Waals surface area contributed by atoms with Gasteiger partial charge in [0.1, 0.15) is 11.5 Å². The molecule has 2 aromatic carbocycles. The van der Waals surface area contributed by atoms with Crippen molar-refractivity contribution in [3.05, 3.63) is 53.6 Å². The molecule has 4 nitrogen and oxygen atoms in total. The summed E-state index contributed by atoms with van der Waals surface area (Å²) in [5.74, 6) is 1.11. The Hall–Kier alpha value is -2.20. The summed E-state index contributed by atoms with van der Waals surface area (Å²) < 4.78 is 11.1. The summed E-state index contributed by atoms with van der Waals surface area (Å²) in [4.78, 5) is 12.4. The average Bonchev–Trinajstić information content (AvgIpc) is 2.51. The predicted octanol–water partition coefficient (Wildman–Crippen LogP) is 4.53. The lowest BCUT2D eigenvalue weighted by molar-refractivity contribution is -0.128. The van der Waals surface area contributed by atoms with Crippen molar-refractivity contribution in [1.82, 2.24) is 0 Å². The lowest BCUT2D eigenvalue weighted by Crippen LogP contribution is -2.42. The minimum absolute atomic E-state index is 0.239. The van der Waals surface area contributed by atoms with E-state index < -0.39 is 5.60 Å². The first-order valence-electron chi connectivity index (χ1n) is 7.39. The molecule has 0 spiro atoms. The maximum Gasteiger partial charge on any atom is 0.267 e. The summed E-state index contributed by atoms with van der Waals surface area (Å²) in [6.07, 6.45) is 0. The highest BCUT2D eigenvalue weighted by Gasteiger charge is 2.30. The SMILES string of the molecule is CCOc1ccc(NC(=O)C(C)(C)Oc2ccc(Cl)cc2)cc1. The Morgan fingerprint density at radius 2 is 1.61 bits per heavy atom. The van der Waals surface area contributed by atoms with E-state index in [1.165, 1.54) is 0 Å². The molecule has 0 unspecified atom stereocenters. The third-order valence-corrected chi connectivity index (χ3v) is 3.41. The van der Waals surface area contributed by atoms with Gasteiger partial charge in [-0.15, -0.1) is 0 Å². The van der Waals surface area contributed by atoms with Crippen molar-refractivity contribution >= 4 is 23.2 Å². The number of halogens is 1. The number of carbonyl (C=O) groups excluding carboxylic acids is 1. The van der Waals surface area contributed by atoms with Gasteiger partial charge >= 0.3 is 0 Å². The van der Waals surface area contributed by atoms with Crippen LogP contribution in [0.1, 0.15) is 20.8 Å². The third-order valence-electron chi connectivity index (χ3n) is 3.16. The van der Waals surface area contributed by atoms with E-state index in [1.54, 1.807) is 50.2 Å². The number of ether oxygens (including phenoxy) is 2. The highest BCUT2D eigenvalue weighted by molar-refractivity contribution is 6.30. The number of anilines is 1. The molecule has 2 rings (SSSR count). The number of hydrogen-bond donors (Lipinski definition) is 1. The zero-order valence-corrected chi connectivity index (χ0v) is 14.2. The summed E-state index contributed by atoms with van der Waals surface area (Å²) in [6, 6.07) is 14.1. The summed E-state index contributed by atoms with van der Waals surface area (Å²) in [5, 5.41) is 3.46. The van der Waals surface area contributed by atoms with Crippen molar-refractivity contribution in [2.75, 3.05) is 11.9 Å². The fourth-order valence-corrected chi connectivity index (χ4v) is 2.05. The van der Waals surface area contributed by atoms with Crippen LogP contribution < -0.4 is 14.8 Å². The summed E-state index contributed by atoms with van der Waals surface area (Å²) >= 11 is 5.84. The maximum atomic E-state index is 12.4. The van der Waals surface area contributed by atoms with Crippen LogP contribution in [0.5, 0.6) is 11.5 Å². The van der Waals surface area contributed by atoms with Crippen molar-refractivity contribution in [1.29, 1.82) is 0 Å². The average molecular weight is 334 g/mol. The number of amides is 1. The van der Waals surface area contributed by atoms with Crippen LogP contribution in [0.2, 0.25) is 5.02 Å². The smallest absolute Gasteiger partial charge is 0.267 e. The Bertz CT molecular complexity index is 651. The predicted molar refractivity (Wildman–Crippen MR) is 92.4 cm³/mol. The van der Waals surface area contributed by atoms with Gasteiger partial charge in [-0.2, -0.15) is 0 Å². The van der Waals surface area contributed by atoms with Crippen LogP contribution in [-0.4, -0.2) is 18.1 Å². The summed E-state index contributed by atoms with van der Waals surface area (Å²) in [6.45, 7) is 5.96. The van der Waals surface area contributed by atoms with Crippen molar-refractivity contribution in [2.45, 2.75) is 26.4 Å². The van der Waals surface area contributed by atoms with Gasteiger partial charge < -0.3 is 14.8 Å². The Labute approximate surface area is 141 Å². The fourth-order valence-electron chi connectivity index (χ4n) is 1.93. The molecule has 0 heterocycles. The van der Waals surface area contributed by atoms with E-state index >= 15 is 0 Å². The molecule has 0 aliphatic heterocycles. The van der Waals surface area contributed by atoms with Gasteiger partial charge in [0, 0.05) is 10.7 Å². The zero-order chi connectivity index (χ0) is 16.9. The molecule has 1 amide bonds. The fraction of sp³-hybridized carbons (Fsp3) is 0.278. The summed E-state index contributed by atoms with van der Waals surface area (Å²) in [7, 11) is 0. The standard InChI is InChI=1S/C18H20ClNO3/c1-4-22-15-11-7-14(8-12-15)20-17(21)18(2,3)23-16-9-5-13(19)6-10-16/h5-12H,4H2,1-3H3,(H,20,21). The van der Waals surface area contributed by atoms with Crippen LogP contribution in [0.3, 0.4) is 0 Å². The molecule has 5 heteroatoms. The zero-order valence-electron chi connectivity index (χ0n) is 13.4. The van der Waals surface area contributed by atoms with Gasteiger partial charge in [-0.1, -0.05) is 11.6 Å². The minimum atomic E-state index is -1.02. The van der Waals surface area contributed by atoms with Crippen LogP contribution in [0, 0.1) is 0 Å². The Balaban J connectivity index is 2.01. The van der Waals surface area contributed by atoms with Gasteiger partial charge in [0.25, 0.3) is 5.91 Å². The largest absolute Gasteiger partial charge is 0.494 e. The first-order chi connectivity index (χ1) is 10.9. The minimum Gasteiger partial charge on any atom is -0.494 e. The van der Waals surface area contributed by atoms with Gasteiger partial charge in [0.2, 0.25) is 0 Å². The monoisotopic (exact) mass is 333 g/mol. The molecule has 0 aliphatic rings. The number of rotatable bonds is 6. The molecule has 0 saturated carbocycles. The molecule has 2 aromatic rings. The quantitative estimate of drug-likeness (QED) is 0.844. The molecule has 122 valence electrons. The lowest BCUT2D eigenvalue weighted by atomic mass is 10.1. The van der Waals surface area contributed by atoms with Crippen LogP contribution in [0.4, 0.5) is 5.69 Å². The van der Waals surface area contributed by atoms with E-state index in [9.17, 15) is 4.79 Å². The number of carbonyl (C=O) groups is 1. The van der Waals surface area contributed by atoms with Crippen LogP contribution in [0.25, 0.3) is 0 Å². The van der Waals surface area contributed by atoms with E-state index in [0.29, 0.717) is 23.1 Å². The van der Waals surface area contributed by atoms with Crippen molar-refractivity contribution in [2.24, 2.45) is 0 Å². The van der Waals surface area contributed by atoms with E-state index in [4.69, 9.17) is 21.1 Å². The third kappa shape index (κ3) is 4.89. The van der Waals surface area contributed by atoms with E-state index in [1.807, 2.05) is 19.1 Å². The van der Waals surface area contributed by atoms with E-state index in [-0.39, 0.29) is 5.91 Å². The molecule has 0 atom stereocenters. The molecule has 0 saturated heterocycles. The number of benzene rings is 2. The van der Waals surface area contributed by atoms with Crippen LogP contribution in [-0.2, 0) is 4.79 Å². The normalized spacial score (nSPS) is 11.0. The highest BCUT2D eigenvalue weighted by Crippen LogP contribution is 2.23. The molecule has 0 radical (unpaired) electrons. The Kier molecular flexibility index (Phi) is 5.50. The molecule has 0 aliphatic carbocycles. The highest BCUT2D eigenvalue weighted by atomic mass is 35.5. The second-order valence-corrected chi connectivity index (χ2v) is 5.91. The molecule has 0 aromatic heterocycles. The van der Waals surface area contributed by atoms with Crippen LogP contribution >= 0.6 is 11.6 Å². The van der Waals surface area contributed by atoms with E-state index in [2.05, 4.69) is 5.32 Å². The van der Waals surface area contributed by atoms with Gasteiger partial charge in [-0.3, -0.25) is 4.79 Å². The van der Waals surface area contributed by atoms with Gasteiger partial charge in [-0.25, -0.2) is 0 Å². The van der Waals surface area contributed by atoms with Gasteiger partial charge in [-0.05, 0) is 69.3 Å². The molecule has 23 heavy (non-hydrogen) atoms. The second kappa shape index (κ2) is 7.38. The number of nitrogens with one attached hydrogen (secondary N) is 1. The topological polar surface area (TPSA) is 47.6 Å². The molecule has 0 fully saturated rings. The first kappa shape index (κ1) is 17.2. The number of hydrogen-bond acceptors (Lipinski definition) is 3. The molecular weight excluding hydrogens is 314 g/mol. The molecule has 0 bridgehead atoms. The molecule has 1 N–H and O–H groups in total. The Morgan fingerprint density at radius 1 is 1.04 bits per heavy atom. The van der Waals surface area contributed by atoms with E-state index in [0.717, 1.165) is 5.75 Å². The van der Waals surface area contributed by atoms with Gasteiger partial charge in [0.15, 0.2) is 5.60 Å². The first-order valence-corrected chi connectivity index (χ1v) is 7.77. The van der Waals surface area contributed by atoms with Crippen molar-refractivity contribution in [3.8, 4) is 11.5 Å². The van der Waals surface area contributed by atoms with Gasteiger partial charge in [0.05, 0.1) is 6.61 Å². The second-order valence-electron chi connectivity index (χ2n) is 5.48. The molecular formula is C18H20ClNO3. The van der Waals surface area contributed by atoms with Crippen molar-refractivity contribution < 1.29 is 14.3 Å². The lowest BCUT2D eigenvalue weighted by Gasteiger charge is -2.25. The van der Waals surface area contributed by atoms with Crippen LogP contribution in [0.15, 0.2) is 48.5 Å². The Morgan fingerprint density at radius 3 is 2.17 bits per heavy atom. The summed E-state index contributed by atoms with van der Waals surface area (Å²) in [5.41, 5.74) is -0.335. The maximum absolute atomic E-state index is 12.4.